The Morgan fingerprint density at radius 1 is 1.69 bits per heavy atom. The van der Waals surface area contributed by atoms with E-state index in [1.54, 1.807) is 6.20 Å². The minimum absolute atomic E-state index is 0.00595. The first-order chi connectivity index (χ1) is 6.16. The van der Waals surface area contributed by atoms with Crippen molar-refractivity contribution < 1.29 is 9.37 Å². The lowest BCUT2D eigenvalue weighted by molar-refractivity contribution is -0.317. The van der Waals surface area contributed by atoms with Crippen LogP contribution >= 0.6 is 15.9 Å². The zero-order valence-electron chi connectivity index (χ0n) is 7.12. The molecule has 66 valence electrons. The van der Waals surface area contributed by atoms with E-state index in [2.05, 4.69) is 20.9 Å². The average molecular weight is 240 g/mol. The number of amidine groups is 1. The van der Waals surface area contributed by atoms with Gasteiger partial charge in [0.2, 0.25) is 5.78 Å². The van der Waals surface area contributed by atoms with Gasteiger partial charge in [0.05, 0.1) is 10.9 Å². The van der Waals surface area contributed by atoms with Crippen molar-refractivity contribution in [1.82, 2.24) is 0 Å². The van der Waals surface area contributed by atoms with Gasteiger partial charge in [-0.3, -0.25) is 4.79 Å². The Morgan fingerprint density at radius 3 is 3.15 bits per heavy atom. The van der Waals surface area contributed by atoms with Crippen molar-refractivity contribution in [3.8, 4) is 0 Å². The normalized spacial score (nSPS) is 19.8. The Morgan fingerprint density at radius 2 is 2.46 bits per heavy atom. The summed E-state index contributed by atoms with van der Waals surface area (Å²) >= 11 is 3.38. The molecule has 0 N–H and O–H groups in total. The van der Waals surface area contributed by atoms with Crippen LogP contribution in [0.25, 0.3) is 0 Å². The molecule has 0 fully saturated rings. The van der Waals surface area contributed by atoms with E-state index in [0.29, 0.717) is 5.70 Å². The Kier molecular flexibility index (Phi) is 2.00. The zero-order valence-corrected chi connectivity index (χ0v) is 8.71. The quantitative estimate of drug-likeness (QED) is 0.640. The highest BCUT2D eigenvalue weighted by Gasteiger charge is 2.27. The maximum Gasteiger partial charge on any atom is 0.308 e. The molecule has 0 aliphatic carbocycles. The molecule has 0 saturated carbocycles. The van der Waals surface area contributed by atoms with E-state index >= 15 is 0 Å². The van der Waals surface area contributed by atoms with E-state index in [4.69, 9.17) is 0 Å². The predicted molar refractivity (Wildman–Crippen MR) is 54.2 cm³/mol. The highest BCUT2D eigenvalue weighted by Crippen LogP contribution is 2.17. The fraction of sp³-hybridized carbons (Fsp3) is 0.222. The molecular formula is C9H8BrN2O+. The van der Waals surface area contributed by atoms with Crippen LogP contribution in [0.4, 0.5) is 0 Å². The van der Waals surface area contributed by atoms with Crippen LogP contribution in [-0.2, 0) is 4.79 Å². The van der Waals surface area contributed by atoms with Gasteiger partial charge in [0.25, 0.3) is 5.70 Å². The van der Waals surface area contributed by atoms with Gasteiger partial charge >= 0.3 is 5.84 Å². The van der Waals surface area contributed by atoms with Crippen LogP contribution in [0.2, 0.25) is 0 Å². The van der Waals surface area contributed by atoms with Crippen LogP contribution < -0.4 is 0 Å². The predicted octanol–water partition coefficient (Wildman–Crippen LogP) is 1.59. The maximum absolute atomic E-state index is 11.0. The molecule has 0 radical (unpaired) electrons. The van der Waals surface area contributed by atoms with Crippen molar-refractivity contribution in [3.05, 3.63) is 22.5 Å². The molecule has 0 atom stereocenters. The van der Waals surface area contributed by atoms with Crippen molar-refractivity contribution in [1.29, 1.82) is 0 Å². The Labute approximate surface area is 84.3 Å². The van der Waals surface area contributed by atoms with Crippen LogP contribution in [0.15, 0.2) is 27.4 Å². The highest BCUT2D eigenvalue weighted by molar-refractivity contribution is 9.12. The molecule has 0 spiro atoms. The van der Waals surface area contributed by atoms with E-state index in [1.807, 2.05) is 16.9 Å². The summed E-state index contributed by atoms with van der Waals surface area (Å²) in [5, 5.41) is 0. The summed E-state index contributed by atoms with van der Waals surface area (Å²) < 4.78 is 2.90. The van der Waals surface area contributed by atoms with Crippen molar-refractivity contribution in [2.75, 3.05) is 0 Å². The molecule has 0 aromatic rings. The Balaban J connectivity index is 2.38. The fourth-order valence-corrected chi connectivity index (χ4v) is 1.62. The van der Waals surface area contributed by atoms with Crippen LogP contribution in [0.3, 0.4) is 0 Å². The van der Waals surface area contributed by atoms with Gasteiger partial charge in [0, 0.05) is 6.92 Å². The summed E-state index contributed by atoms with van der Waals surface area (Å²) in [6, 6.07) is 0. The molecule has 4 heteroatoms. The molecule has 0 amide bonds. The monoisotopic (exact) mass is 239 g/mol. The van der Waals surface area contributed by atoms with Crippen LogP contribution in [0.1, 0.15) is 13.3 Å². The molecular weight excluding hydrogens is 232 g/mol. The number of Topliss-reactive ketones (excluding diaryl/α,β-unsaturated/α-hetero) is 1. The summed E-state index contributed by atoms with van der Waals surface area (Å²) in [4.78, 5) is 15.2. The number of hydrogen-bond acceptors (Lipinski definition) is 2. The Hall–Kier alpha value is -1.03. The number of halogens is 1. The highest BCUT2D eigenvalue weighted by atomic mass is 79.9. The van der Waals surface area contributed by atoms with Gasteiger partial charge in [-0.15, -0.1) is 0 Å². The lowest BCUT2D eigenvalue weighted by Gasteiger charge is -1.99. The third-order valence-corrected chi connectivity index (χ3v) is 2.44. The standard InChI is InChI=1S/C9H8BrN2O/c1-6(13)8-5-12-4-7(10)2-3-9(12)11-8/h2,4-5H,3H2,1H3/q+1. The second-order valence-corrected chi connectivity index (χ2v) is 3.84. The van der Waals surface area contributed by atoms with Crippen molar-refractivity contribution >= 4 is 33.8 Å². The van der Waals surface area contributed by atoms with Crippen molar-refractivity contribution in [2.24, 2.45) is 4.99 Å². The zero-order chi connectivity index (χ0) is 9.42. The summed E-state index contributed by atoms with van der Waals surface area (Å²) in [6.45, 7) is 1.52. The van der Waals surface area contributed by atoms with E-state index < -0.39 is 0 Å². The summed E-state index contributed by atoms with van der Waals surface area (Å²) in [5.41, 5.74) is 0.529. The van der Waals surface area contributed by atoms with Gasteiger partial charge in [-0.25, -0.2) is 4.58 Å². The lowest BCUT2D eigenvalue weighted by atomic mass is 10.3. The van der Waals surface area contributed by atoms with Gasteiger partial charge in [-0.05, 0) is 20.9 Å². The SMILES string of the molecule is CC(=O)C1=C[N+]2=CC(Br)=CCC2=N1. The summed E-state index contributed by atoms with van der Waals surface area (Å²) in [7, 11) is 0. The van der Waals surface area contributed by atoms with Gasteiger partial charge in [-0.2, -0.15) is 0 Å². The topological polar surface area (TPSA) is 32.4 Å². The van der Waals surface area contributed by atoms with Crippen molar-refractivity contribution in [3.63, 3.8) is 0 Å². The first kappa shape index (κ1) is 8.56. The minimum atomic E-state index is 0.00595. The van der Waals surface area contributed by atoms with Crippen LogP contribution in [0, 0.1) is 0 Å². The van der Waals surface area contributed by atoms with Gasteiger partial charge in [0.15, 0.2) is 6.20 Å². The number of allylic oxidation sites excluding steroid dienone is 2. The number of rotatable bonds is 1. The number of nitrogens with zero attached hydrogens (tertiary/aromatic N) is 2. The number of carbonyl (C=O) groups excluding carboxylic acids is 1. The first-order valence-electron chi connectivity index (χ1n) is 3.96. The number of aliphatic imine (C=N–C) groups is 1. The molecule has 2 heterocycles. The Bertz CT molecular complexity index is 402. The second-order valence-electron chi connectivity index (χ2n) is 2.93. The summed E-state index contributed by atoms with van der Waals surface area (Å²) in [5.74, 6) is 0.917. The molecule has 2 rings (SSSR count). The van der Waals surface area contributed by atoms with E-state index in [9.17, 15) is 4.79 Å². The van der Waals surface area contributed by atoms with Gasteiger partial charge in [0.1, 0.15) is 6.21 Å². The largest absolute Gasteiger partial charge is 0.308 e. The van der Waals surface area contributed by atoms with Crippen molar-refractivity contribution in [2.45, 2.75) is 13.3 Å². The van der Waals surface area contributed by atoms with Gasteiger partial charge in [-0.1, -0.05) is 6.08 Å². The lowest BCUT2D eigenvalue weighted by Crippen LogP contribution is -2.16. The maximum atomic E-state index is 11.0. The van der Waals surface area contributed by atoms with Crippen LogP contribution in [0.5, 0.6) is 0 Å². The molecule has 2 aliphatic heterocycles. The van der Waals surface area contributed by atoms with Crippen LogP contribution in [-0.4, -0.2) is 22.4 Å². The molecule has 0 unspecified atom stereocenters. The average Bonchev–Trinajstić information content (AvgIpc) is 2.46. The first-order valence-corrected chi connectivity index (χ1v) is 4.75. The minimum Gasteiger partial charge on any atom is -0.290 e. The third-order valence-electron chi connectivity index (χ3n) is 1.91. The molecule has 3 nitrogen and oxygen atoms in total. The molecule has 0 saturated heterocycles. The number of fused-ring (bicyclic) bond motifs is 1. The molecule has 0 bridgehead atoms. The fourth-order valence-electron chi connectivity index (χ4n) is 1.24. The second kappa shape index (κ2) is 3.03. The number of carbonyl (C=O) groups is 1. The van der Waals surface area contributed by atoms with E-state index in [1.165, 1.54) is 6.92 Å². The van der Waals surface area contributed by atoms with E-state index in [-0.39, 0.29) is 5.78 Å². The summed E-state index contributed by atoms with van der Waals surface area (Å²) in [6.07, 6.45) is 6.45. The number of ketones is 1. The number of hydrogen-bond donors (Lipinski definition) is 0. The molecule has 0 aromatic carbocycles. The van der Waals surface area contributed by atoms with Gasteiger partial charge < -0.3 is 0 Å². The molecule has 13 heavy (non-hydrogen) atoms. The third kappa shape index (κ3) is 1.54. The smallest absolute Gasteiger partial charge is 0.290 e. The van der Waals surface area contributed by atoms with E-state index in [0.717, 1.165) is 16.7 Å². The molecule has 2 aliphatic rings. The molecule has 0 aromatic heterocycles.